The third-order valence-electron chi connectivity index (χ3n) is 4.68. The van der Waals surface area contributed by atoms with Gasteiger partial charge in [-0.1, -0.05) is 17.3 Å². The van der Waals surface area contributed by atoms with Crippen molar-refractivity contribution in [2.45, 2.75) is 45.6 Å². The molecule has 0 unspecified atom stereocenters. The third-order valence-corrected chi connectivity index (χ3v) is 4.68. The first kappa shape index (κ1) is 17.5. The summed E-state index contributed by atoms with van der Waals surface area (Å²) >= 11 is 0. The van der Waals surface area contributed by atoms with E-state index >= 15 is 0 Å². The Morgan fingerprint density at radius 1 is 1.32 bits per heavy atom. The number of rotatable bonds is 7. The highest BCUT2D eigenvalue weighted by atomic mass is 19.1. The molecule has 1 aromatic heterocycles. The Labute approximate surface area is 147 Å². The van der Waals surface area contributed by atoms with Crippen LogP contribution in [0.25, 0.3) is 0 Å². The van der Waals surface area contributed by atoms with Gasteiger partial charge in [0, 0.05) is 12.1 Å². The van der Waals surface area contributed by atoms with Crippen LogP contribution in [-0.4, -0.2) is 17.7 Å². The molecule has 1 aliphatic carbocycles. The molecular formula is C19H24FN3O2. The Hall–Kier alpha value is -2.37. The number of halogens is 1. The predicted octanol–water partition coefficient (Wildman–Crippen LogP) is 3.81. The molecule has 5 nitrogen and oxygen atoms in total. The van der Waals surface area contributed by atoms with E-state index in [9.17, 15) is 9.18 Å². The Bertz CT molecular complexity index is 703. The minimum Gasteiger partial charge on any atom is -0.361 e. The number of aromatic nitrogens is 1. The normalized spacial score (nSPS) is 15.0. The van der Waals surface area contributed by atoms with Crippen molar-refractivity contribution in [3.05, 3.63) is 52.7 Å². The van der Waals surface area contributed by atoms with Crippen molar-refractivity contribution in [3.63, 3.8) is 0 Å². The highest BCUT2D eigenvalue weighted by Gasteiger charge is 2.33. The first-order valence-electron chi connectivity index (χ1n) is 8.76. The monoisotopic (exact) mass is 345 g/mol. The molecule has 2 amide bonds. The summed E-state index contributed by atoms with van der Waals surface area (Å²) in [5, 5.41) is 9.87. The quantitative estimate of drug-likeness (QED) is 0.750. The van der Waals surface area contributed by atoms with Gasteiger partial charge in [-0.3, -0.25) is 0 Å². The van der Waals surface area contributed by atoms with Crippen molar-refractivity contribution in [1.29, 1.82) is 0 Å². The zero-order valence-electron chi connectivity index (χ0n) is 14.6. The van der Waals surface area contributed by atoms with Crippen LogP contribution in [0.3, 0.4) is 0 Å². The van der Waals surface area contributed by atoms with Crippen LogP contribution in [0.4, 0.5) is 9.18 Å². The van der Waals surface area contributed by atoms with Crippen molar-refractivity contribution in [2.24, 2.45) is 5.92 Å². The second-order valence-electron chi connectivity index (χ2n) is 6.67. The molecule has 1 heterocycles. The van der Waals surface area contributed by atoms with Crippen LogP contribution in [0.1, 0.15) is 47.9 Å². The zero-order valence-corrected chi connectivity index (χ0v) is 14.6. The summed E-state index contributed by atoms with van der Waals surface area (Å²) in [7, 11) is 0. The smallest absolute Gasteiger partial charge is 0.315 e. The van der Waals surface area contributed by atoms with Crippen molar-refractivity contribution in [2.75, 3.05) is 6.54 Å². The number of hydrogen-bond acceptors (Lipinski definition) is 3. The van der Waals surface area contributed by atoms with Crippen LogP contribution in [0.5, 0.6) is 0 Å². The molecule has 134 valence electrons. The first-order valence-corrected chi connectivity index (χ1v) is 8.76. The number of hydrogen-bond donors (Lipinski definition) is 2. The average Bonchev–Trinajstić information content (AvgIpc) is 3.38. The van der Waals surface area contributed by atoms with Crippen LogP contribution in [-0.2, 0) is 6.42 Å². The van der Waals surface area contributed by atoms with E-state index in [1.807, 2.05) is 13.8 Å². The molecule has 1 fully saturated rings. The maximum atomic E-state index is 13.1. The van der Waals surface area contributed by atoms with Crippen molar-refractivity contribution >= 4 is 6.03 Å². The van der Waals surface area contributed by atoms with Crippen LogP contribution in [0.15, 0.2) is 28.8 Å². The Morgan fingerprint density at radius 3 is 2.64 bits per heavy atom. The van der Waals surface area contributed by atoms with Crippen molar-refractivity contribution < 1.29 is 13.7 Å². The van der Waals surface area contributed by atoms with Gasteiger partial charge in [0.2, 0.25) is 0 Å². The Kier molecular flexibility index (Phi) is 5.36. The second-order valence-corrected chi connectivity index (χ2v) is 6.67. The minimum atomic E-state index is -0.262. The number of benzene rings is 1. The van der Waals surface area contributed by atoms with E-state index in [0.29, 0.717) is 12.5 Å². The van der Waals surface area contributed by atoms with Gasteiger partial charge in [-0.25, -0.2) is 9.18 Å². The number of carbonyl (C=O) groups excluding carboxylic acids is 1. The predicted molar refractivity (Wildman–Crippen MR) is 92.7 cm³/mol. The van der Waals surface area contributed by atoms with E-state index in [1.165, 1.54) is 12.1 Å². The van der Waals surface area contributed by atoms with E-state index in [0.717, 1.165) is 48.3 Å². The summed E-state index contributed by atoms with van der Waals surface area (Å²) in [5.74, 6) is 1.02. The zero-order chi connectivity index (χ0) is 17.8. The number of nitrogens with one attached hydrogen (secondary N) is 2. The van der Waals surface area contributed by atoms with Crippen LogP contribution in [0.2, 0.25) is 0 Å². The fraction of sp³-hybridized carbons (Fsp3) is 0.474. The standard InChI is InChI=1S/C19H24FN3O2/c1-12-17(13(2)25-23-12)4-3-11-21-19(24)22-18(14-5-6-14)15-7-9-16(20)10-8-15/h7-10,14,18H,3-6,11H2,1-2H3,(H2,21,22,24)/t18-/m1/s1. The lowest BCUT2D eigenvalue weighted by atomic mass is 10.0. The average molecular weight is 345 g/mol. The molecule has 0 spiro atoms. The molecule has 1 atom stereocenters. The van der Waals surface area contributed by atoms with Gasteiger partial charge in [0.05, 0.1) is 11.7 Å². The van der Waals surface area contributed by atoms with Crippen molar-refractivity contribution in [3.8, 4) is 0 Å². The molecular weight excluding hydrogens is 321 g/mol. The van der Waals surface area contributed by atoms with Gasteiger partial charge >= 0.3 is 6.03 Å². The fourth-order valence-electron chi connectivity index (χ4n) is 3.09. The van der Waals surface area contributed by atoms with E-state index < -0.39 is 0 Å². The van der Waals surface area contributed by atoms with E-state index in [1.54, 1.807) is 12.1 Å². The summed E-state index contributed by atoms with van der Waals surface area (Å²) in [6.07, 6.45) is 3.83. The van der Waals surface area contributed by atoms with E-state index in [-0.39, 0.29) is 17.9 Å². The first-order chi connectivity index (χ1) is 12.0. The van der Waals surface area contributed by atoms with Gasteiger partial charge in [0.15, 0.2) is 0 Å². The Morgan fingerprint density at radius 2 is 2.04 bits per heavy atom. The number of amides is 2. The molecule has 6 heteroatoms. The molecule has 0 aliphatic heterocycles. The van der Waals surface area contributed by atoms with Gasteiger partial charge in [0.1, 0.15) is 11.6 Å². The molecule has 1 saturated carbocycles. The molecule has 2 aromatic rings. The number of aryl methyl sites for hydroxylation is 2. The van der Waals surface area contributed by atoms with Gasteiger partial charge in [-0.15, -0.1) is 0 Å². The maximum Gasteiger partial charge on any atom is 0.315 e. The van der Waals surface area contributed by atoms with Gasteiger partial charge in [-0.05, 0) is 63.1 Å². The van der Waals surface area contributed by atoms with Gasteiger partial charge in [0.25, 0.3) is 0 Å². The lowest BCUT2D eigenvalue weighted by Gasteiger charge is -2.19. The topological polar surface area (TPSA) is 67.2 Å². The molecule has 1 aromatic carbocycles. The highest BCUT2D eigenvalue weighted by Crippen LogP contribution is 2.40. The fourth-order valence-corrected chi connectivity index (χ4v) is 3.09. The number of urea groups is 1. The summed E-state index contributed by atoms with van der Waals surface area (Å²) in [4.78, 5) is 12.2. The number of nitrogens with zero attached hydrogens (tertiary/aromatic N) is 1. The van der Waals surface area contributed by atoms with Crippen molar-refractivity contribution in [1.82, 2.24) is 15.8 Å². The SMILES string of the molecule is Cc1noc(C)c1CCCNC(=O)N[C@@H](c1ccc(F)cc1)C1CC1. The molecule has 25 heavy (non-hydrogen) atoms. The number of carbonyl (C=O) groups is 1. The summed E-state index contributed by atoms with van der Waals surface area (Å²) in [6.45, 7) is 4.41. The summed E-state index contributed by atoms with van der Waals surface area (Å²) < 4.78 is 18.2. The lowest BCUT2D eigenvalue weighted by Crippen LogP contribution is -2.39. The molecule has 0 bridgehead atoms. The highest BCUT2D eigenvalue weighted by molar-refractivity contribution is 5.74. The summed E-state index contributed by atoms with van der Waals surface area (Å²) in [5.41, 5.74) is 2.98. The molecule has 1 aliphatic rings. The second kappa shape index (κ2) is 7.68. The Balaban J connectivity index is 1.47. The lowest BCUT2D eigenvalue weighted by molar-refractivity contribution is 0.235. The third kappa shape index (κ3) is 4.59. The van der Waals surface area contributed by atoms with Gasteiger partial charge in [-0.2, -0.15) is 0 Å². The molecule has 3 rings (SSSR count). The molecule has 2 N–H and O–H groups in total. The molecule has 0 radical (unpaired) electrons. The van der Waals surface area contributed by atoms with Crippen LogP contribution < -0.4 is 10.6 Å². The van der Waals surface area contributed by atoms with E-state index in [4.69, 9.17) is 4.52 Å². The molecule has 0 saturated heterocycles. The minimum absolute atomic E-state index is 0.0526. The van der Waals surface area contributed by atoms with E-state index in [2.05, 4.69) is 15.8 Å². The van der Waals surface area contributed by atoms with Gasteiger partial charge < -0.3 is 15.2 Å². The maximum absolute atomic E-state index is 13.1. The van der Waals surface area contributed by atoms with Crippen LogP contribution >= 0.6 is 0 Å². The summed E-state index contributed by atoms with van der Waals surface area (Å²) in [6, 6.07) is 6.14. The largest absolute Gasteiger partial charge is 0.361 e. The van der Waals surface area contributed by atoms with Crippen LogP contribution in [0, 0.1) is 25.6 Å².